The normalized spacial score (nSPS) is 16.6. The molecule has 3 rings (SSSR count). The van der Waals surface area contributed by atoms with Crippen LogP contribution in [0.15, 0.2) is 36.7 Å². The Balaban J connectivity index is 2.04. The van der Waals surface area contributed by atoms with Gasteiger partial charge in [-0.15, -0.1) is 0 Å². The number of halogens is 1. The number of nitrogens with zero attached hydrogens (tertiary/aromatic N) is 1. The molecule has 1 aromatic heterocycles. The summed E-state index contributed by atoms with van der Waals surface area (Å²) in [4.78, 5) is 3.79. The van der Waals surface area contributed by atoms with E-state index in [4.69, 9.17) is 4.74 Å². The predicted octanol–water partition coefficient (Wildman–Crippen LogP) is 2.41. The van der Waals surface area contributed by atoms with Crippen LogP contribution in [0.25, 0.3) is 0 Å². The standard InChI is InChI=1S/C15H14FNO2/c1-15(18,12-7-13(16)9-17-8-12)11-2-3-14-10(6-11)4-5-19-14/h2-3,6-9,18H,4-5H2,1H3. The van der Waals surface area contributed by atoms with Crippen LogP contribution in [0.3, 0.4) is 0 Å². The van der Waals surface area contributed by atoms with Crippen molar-refractivity contribution >= 4 is 0 Å². The van der Waals surface area contributed by atoms with Gasteiger partial charge in [0, 0.05) is 18.2 Å². The Morgan fingerprint density at radius 2 is 2.11 bits per heavy atom. The minimum absolute atomic E-state index is 0.436. The van der Waals surface area contributed by atoms with E-state index >= 15 is 0 Å². The summed E-state index contributed by atoms with van der Waals surface area (Å²) < 4.78 is 18.7. The van der Waals surface area contributed by atoms with E-state index in [2.05, 4.69) is 4.98 Å². The number of pyridine rings is 1. The number of aliphatic hydroxyl groups is 1. The Bertz CT molecular complexity index is 625. The molecule has 2 heterocycles. The lowest BCUT2D eigenvalue weighted by atomic mass is 9.88. The Labute approximate surface area is 110 Å². The molecule has 98 valence electrons. The summed E-state index contributed by atoms with van der Waals surface area (Å²) >= 11 is 0. The Morgan fingerprint density at radius 3 is 2.89 bits per heavy atom. The zero-order valence-corrected chi connectivity index (χ0v) is 10.6. The molecule has 1 aliphatic heterocycles. The van der Waals surface area contributed by atoms with Crippen LogP contribution >= 0.6 is 0 Å². The molecule has 19 heavy (non-hydrogen) atoms. The number of hydrogen-bond donors (Lipinski definition) is 1. The second kappa shape index (κ2) is 4.31. The van der Waals surface area contributed by atoms with E-state index in [1.54, 1.807) is 13.0 Å². The summed E-state index contributed by atoms with van der Waals surface area (Å²) in [5.74, 6) is 0.402. The first-order valence-corrected chi connectivity index (χ1v) is 6.17. The zero-order valence-electron chi connectivity index (χ0n) is 10.6. The van der Waals surface area contributed by atoms with Gasteiger partial charge in [-0.2, -0.15) is 0 Å². The van der Waals surface area contributed by atoms with Crippen LogP contribution in [0.2, 0.25) is 0 Å². The van der Waals surface area contributed by atoms with Gasteiger partial charge in [-0.3, -0.25) is 4.98 Å². The van der Waals surface area contributed by atoms with Gasteiger partial charge in [-0.05, 0) is 36.2 Å². The first kappa shape index (κ1) is 12.1. The molecule has 2 aromatic rings. The van der Waals surface area contributed by atoms with Crippen molar-refractivity contribution in [1.82, 2.24) is 4.98 Å². The average Bonchev–Trinajstić information content (AvgIpc) is 2.85. The summed E-state index contributed by atoms with van der Waals surface area (Å²) in [6.45, 7) is 2.31. The summed E-state index contributed by atoms with van der Waals surface area (Å²) in [5.41, 5.74) is 0.949. The van der Waals surface area contributed by atoms with Crippen molar-refractivity contribution in [3.8, 4) is 5.75 Å². The van der Waals surface area contributed by atoms with Gasteiger partial charge < -0.3 is 9.84 Å². The number of rotatable bonds is 2. The fraction of sp³-hybridized carbons (Fsp3) is 0.267. The van der Waals surface area contributed by atoms with E-state index in [1.165, 1.54) is 12.3 Å². The molecule has 0 amide bonds. The molecule has 1 N–H and O–H groups in total. The van der Waals surface area contributed by atoms with Gasteiger partial charge in [-0.1, -0.05) is 6.07 Å². The molecule has 0 aliphatic carbocycles. The van der Waals surface area contributed by atoms with Crippen molar-refractivity contribution in [2.45, 2.75) is 18.9 Å². The van der Waals surface area contributed by atoms with E-state index in [9.17, 15) is 9.50 Å². The first-order valence-electron chi connectivity index (χ1n) is 6.17. The van der Waals surface area contributed by atoms with E-state index in [-0.39, 0.29) is 0 Å². The van der Waals surface area contributed by atoms with Crippen LogP contribution in [-0.4, -0.2) is 16.7 Å². The highest BCUT2D eigenvalue weighted by molar-refractivity contribution is 5.44. The van der Waals surface area contributed by atoms with Gasteiger partial charge in [0.2, 0.25) is 0 Å². The van der Waals surface area contributed by atoms with Crippen LogP contribution in [0.1, 0.15) is 23.6 Å². The lowest BCUT2D eigenvalue weighted by Gasteiger charge is -2.24. The van der Waals surface area contributed by atoms with Crippen molar-refractivity contribution in [3.63, 3.8) is 0 Å². The monoisotopic (exact) mass is 259 g/mol. The summed E-state index contributed by atoms with van der Waals surface area (Å²) in [5, 5.41) is 10.7. The molecule has 1 aromatic carbocycles. The molecule has 0 saturated carbocycles. The van der Waals surface area contributed by atoms with Gasteiger partial charge in [0.05, 0.1) is 12.8 Å². The van der Waals surface area contributed by atoms with Crippen molar-refractivity contribution in [1.29, 1.82) is 0 Å². The number of hydrogen-bond acceptors (Lipinski definition) is 3. The van der Waals surface area contributed by atoms with Crippen LogP contribution in [-0.2, 0) is 12.0 Å². The first-order chi connectivity index (χ1) is 9.07. The number of fused-ring (bicyclic) bond motifs is 1. The van der Waals surface area contributed by atoms with Gasteiger partial charge in [0.1, 0.15) is 17.2 Å². The van der Waals surface area contributed by atoms with E-state index in [0.29, 0.717) is 17.7 Å². The Hall–Kier alpha value is -1.94. The third-order valence-electron chi connectivity index (χ3n) is 3.52. The Morgan fingerprint density at radius 1 is 1.26 bits per heavy atom. The quantitative estimate of drug-likeness (QED) is 0.900. The van der Waals surface area contributed by atoms with Gasteiger partial charge in [-0.25, -0.2) is 4.39 Å². The third kappa shape index (κ3) is 2.08. The maximum absolute atomic E-state index is 13.2. The molecule has 1 unspecified atom stereocenters. The fourth-order valence-electron chi connectivity index (χ4n) is 2.33. The zero-order chi connectivity index (χ0) is 13.5. The SMILES string of the molecule is CC(O)(c1cncc(F)c1)c1ccc2c(c1)CCO2. The minimum Gasteiger partial charge on any atom is -0.493 e. The van der Waals surface area contributed by atoms with Crippen LogP contribution in [0.4, 0.5) is 4.39 Å². The predicted molar refractivity (Wildman–Crippen MR) is 68.5 cm³/mol. The van der Waals surface area contributed by atoms with Crippen LogP contribution in [0.5, 0.6) is 5.75 Å². The van der Waals surface area contributed by atoms with Crippen LogP contribution < -0.4 is 4.74 Å². The van der Waals surface area contributed by atoms with Gasteiger partial charge in [0.15, 0.2) is 0 Å². The molecule has 0 spiro atoms. The maximum Gasteiger partial charge on any atom is 0.141 e. The van der Waals surface area contributed by atoms with Gasteiger partial charge >= 0.3 is 0 Å². The summed E-state index contributed by atoms with van der Waals surface area (Å²) in [6.07, 6.45) is 3.43. The Kier molecular flexibility index (Phi) is 2.75. The average molecular weight is 259 g/mol. The second-order valence-corrected chi connectivity index (χ2v) is 4.89. The van der Waals surface area contributed by atoms with Crippen molar-refractivity contribution in [2.75, 3.05) is 6.61 Å². The fourth-order valence-corrected chi connectivity index (χ4v) is 2.33. The minimum atomic E-state index is -1.27. The van der Waals surface area contributed by atoms with E-state index in [0.717, 1.165) is 23.9 Å². The molecular formula is C15H14FNO2. The summed E-state index contributed by atoms with van der Waals surface area (Å²) in [6, 6.07) is 6.86. The molecule has 0 radical (unpaired) electrons. The lowest BCUT2D eigenvalue weighted by Crippen LogP contribution is -2.23. The van der Waals surface area contributed by atoms with Crippen molar-refractivity contribution in [2.24, 2.45) is 0 Å². The molecule has 1 aliphatic rings. The lowest BCUT2D eigenvalue weighted by molar-refractivity contribution is 0.101. The topological polar surface area (TPSA) is 42.4 Å². The molecular weight excluding hydrogens is 245 g/mol. The number of benzene rings is 1. The maximum atomic E-state index is 13.2. The number of aromatic nitrogens is 1. The van der Waals surface area contributed by atoms with Crippen LogP contribution in [0, 0.1) is 5.82 Å². The van der Waals surface area contributed by atoms with Gasteiger partial charge in [0.25, 0.3) is 0 Å². The molecule has 1 atom stereocenters. The summed E-state index contributed by atoms with van der Waals surface area (Å²) in [7, 11) is 0. The van der Waals surface area contributed by atoms with E-state index < -0.39 is 11.4 Å². The molecule has 0 fully saturated rings. The highest BCUT2D eigenvalue weighted by atomic mass is 19.1. The molecule has 3 nitrogen and oxygen atoms in total. The van der Waals surface area contributed by atoms with Crippen molar-refractivity contribution in [3.05, 3.63) is 59.2 Å². The molecule has 4 heteroatoms. The third-order valence-corrected chi connectivity index (χ3v) is 3.52. The molecule has 0 saturated heterocycles. The molecule has 0 bridgehead atoms. The number of ether oxygens (including phenoxy) is 1. The smallest absolute Gasteiger partial charge is 0.141 e. The highest BCUT2D eigenvalue weighted by Gasteiger charge is 2.28. The highest BCUT2D eigenvalue weighted by Crippen LogP contribution is 2.34. The second-order valence-electron chi connectivity index (χ2n) is 4.89. The van der Waals surface area contributed by atoms with E-state index in [1.807, 2.05) is 12.1 Å². The van der Waals surface area contributed by atoms with Crippen molar-refractivity contribution < 1.29 is 14.2 Å². The largest absolute Gasteiger partial charge is 0.493 e.